The Kier molecular flexibility index (Phi) is 8.88. The Labute approximate surface area is 185 Å². The van der Waals surface area contributed by atoms with Crippen LogP contribution in [0.4, 0.5) is 0 Å². The van der Waals surface area contributed by atoms with Crippen molar-refractivity contribution in [1.29, 1.82) is 0 Å². The van der Waals surface area contributed by atoms with E-state index in [9.17, 15) is 14.7 Å². The van der Waals surface area contributed by atoms with Crippen LogP contribution in [0.15, 0.2) is 12.3 Å². The number of amides is 2. The highest BCUT2D eigenvalue weighted by Gasteiger charge is 2.34. The molecule has 1 aromatic rings. The number of rotatable bonds is 6. The molecule has 0 unspecified atom stereocenters. The molecule has 1 aromatic heterocycles. The topological polar surface area (TPSA) is 83.0 Å². The number of carbonyl (C=O) groups excluding carboxylic acids is 2. The molecule has 0 radical (unpaired) electrons. The molecule has 0 aromatic carbocycles. The van der Waals surface area contributed by atoms with Crippen LogP contribution in [0.3, 0.4) is 0 Å². The van der Waals surface area contributed by atoms with Crippen LogP contribution < -0.4 is 4.74 Å². The second kappa shape index (κ2) is 11.1. The number of nitrogens with zero attached hydrogens (tertiary/aromatic N) is 3. The molecule has 2 heterocycles. The largest absolute Gasteiger partial charge is 0.472 e. The molecule has 2 amide bonds. The van der Waals surface area contributed by atoms with Gasteiger partial charge in [0.25, 0.3) is 5.91 Å². The van der Waals surface area contributed by atoms with Crippen LogP contribution >= 0.6 is 0 Å². The van der Waals surface area contributed by atoms with E-state index < -0.39 is 0 Å². The maximum atomic E-state index is 13.3. The lowest BCUT2D eigenvalue weighted by Gasteiger charge is -2.37. The van der Waals surface area contributed by atoms with Crippen LogP contribution in [-0.2, 0) is 4.79 Å². The van der Waals surface area contributed by atoms with E-state index >= 15 is 0 Å². The Morgan fingerprint density at radius 2 is 2.13 bits per heavy atom. The molecule has 2 rings (SSSR count). The van der Waals surface area contributed by atoms with Crippen LogP contribution in [0.2, 0.25) is 0 Å². The summed E-state index contributed by atoms with van der Waals surface area (Å²) in [5, 5.41) is 9.72. The number of hydrogen-bond acceptors (Lipinski definition) is 5. The fraction of sp³-hybridized carbons (Fsp3) is 0.625. The van der Waals surface area contributed by atoms with Crippen LogP contribution in [-0.4, -0.2) is 70.6 Å². The lowest BCUT2D eigenvalue weighted by Crippen LogP contribution is -2.50. The zero-order valence-electron chi connectivity index (χ0n) is 19.5. The van der Waals surface area contributed by atoms with Gasteiger partial charge in [0.05, 0.1) is 19.2 Å². The van der Waals surface area contributed by atoms with Crippen molar-refractivity contribution in [3.05, 3.63) is 23.4 Å². The summed E-state index contributed by atoms with van der Waals surface area (Å²) in [6.45, 7) is 10.5. The zero-order chi connectivity index (χ0) is 23.1. The number of hydrogen-bond donors (Lipinski definition) is 1. The summed E-state index contributed by atoms with van der Waals surface area (Å²) >= 11 is 0. The molecule has 0 bridgehead atoms. The molecule has 0 saturated heterocycles. The van der Waals surface area contributed by atoms with Gasteiger partial charge in [0.15, 0.2) is 0 Å². The van der Waals surface area contributed by atoms with E-state index in [1.54, 1.807) is 29.1 Å². The fourth-order valence-electron chi connectivity index (χ4n) is 3.39. The van der Waals surface area contributed by atoms with Gasteiger partial charge in [-0.3, -0.25) is 9.59 Å². The summed E-state index contributed by atoms with van der Waals surface area (Å²) in [7, 11) is 1.75. The smallest absolute Gasteiger partial charge is 0.259 e. The molecule has 0 aliphatic carbocycles. The van der Waals surface area contributed by atoms with E-state index in [2.05, 4.69) is 30.7 Å². The van der Waals surface area contributed by atoms with Crippen molar-refractivity contribution in [2.45, 2.75) is 59.6 Å². The Morgan fingerprint density at radius 3 is 2.74 bits per heavy atom. The maximum absolute atomic E-state index is 13.3. The lowest BCUT2D eigenvalue weighted by molar-refractivity contribution is -0.131. The molecule has 0 fully saturated rings. The fourth-order valence-corrected chi connectivity index (χ4v) is 3.39. The molecule has 1 aliphatic heterocycles. The first-order valence-corrected chi connectivity index (χ1v) is 11.0. The van der Waals surface area contributed by atoms with Gasteiger partial charge in [-0.15, -0.1) is 0 Å². The van der Waals surface area contributed by atoms with Crippen LogP contribution in [0.25, 0.3) is 0 Å². The molecule has 7 heteroatoms. The van der Waals surface area contributed by atoms with Crippen molar-refractivity contribution in [3.63, 3.8) is 0 Å². The second-order valence-corrected chi connectivity index (χ2v) is 8.73. The minimum atomic E-state index is -0.354. The number of ether oxygens (including phenoxy) is 1. The predicted octanol–water partition coefficient (Wildman–Crippen LogP) is 2.57. The van der Waals surface area contributed by atoms with Gasteiger partial charge in [-0.1, -0.05) is 39.5 Å². The van der Waals surface area contributed by atoms with Gasteiger partial charge in [-0.2, -0.15) is 0 Å². The number of likely N-dealkylation sites (N-methyl/N-ethyl adjacent to an activating group) is 1. The van der Waals surface area contributed by atoms with Gasteiger partial charge >= 0.3 is 0 Å². The minimum absolute atomic E-state index is 0.0264. The van der Waals surface area contributed by atoms with Crippen LogP contribution in [0.1, 0.15) is 63.4 Å². The highest BCUT2D eigenvalue weighted by molar-refractivity contribution is 5.97. The first-order chi connectivity index (χ1) is 14.7. The average molecular weight is 430 g/mol. The molecule has 0 saturated carbocycles. The molecule has 31 heavy (non-hydrogen) atoms. The molecule has 1 aliphatic rings. The summed E-state index contributed by atoms with van der Waals surface area (Å²) in [6, 6.07) is 1.36. The number of fused-ring (bicyclic) bond motifs is 1. The Morgan fingerprint density at radius 1 is 1.42 bits per heavy atom. The highest BCUT2D eigenvalue weighted by atomic mass is 16.5. The highest BCUT2D eigenvalue weighted by Crippen LogP contribution is 2.27. The average Bonchev–Trinajstić information content (AvgIpc) is 2.74. The second-order valence-electron chi connectivity index (χ2n) is 8.73. The lowest BCUT2D eigenvalue weighted by atomic mass is 9.99. The van der Waals surface area contributed by atoms with E-state index in [1.807, 2.05) is 20.8 Å². The van der Waals surface area contributed by atoms with Crippen LogP contribution in [0.5, 0.6) is 5.88 Å². The SMILES string of the molecule is CCC(=O)N(C)C[C@@H]1Oc2ncc(C#CCC(C)C)cc2C(=O)N([C@H](C)CO)C[C@H]1C. The number of aromatic nitrogens is 1. The van der Waals surface area contributed by atoms with Crippen LogP contribution in [0, 0.1) is 23.7 Å². The quantitative estimate of drug-likeness (QED) is 0.703. The summed E-state index contributed by atoms with van der Waals surface area (Å²) in [4.78, 5) is 33.1. The van der Waals surface area contributed by atoms with E-state index in [1.165, 1.54) is 0 Å². The molecular weight excluding hydrogens is 394 g/mol. The van der Waals surface area contributed by atoms with E-state index in [-0.39, 0.29) is 42.4 Å². The first-order valence-electron chi connectivity index (χ1n) is 11.0. The molecular formula is C24H35N3O4. The van der Waals surface area contributed by atoms with Gasteiger partial charge in [0.2, 0.25) is 11.8 Å². The summed E-state index contributed by atoms with van der Waals surface area (Å²) < 4.78 is 6.18. The summed E-state index contributed by atoms with van der Waals surface area (Å²) in [5.74, 6) is 6.62. The number of aliphatic hydroxyl groups is 1. The van der Waals surface area contributed by atoms with E-state index in [0.29, 0.717) is 36.6 Å². The van der Waals surface area contributed by atoms with Gasteiger partial charge in [-0.05, 0) is 18.9 Å². The molecule has 170 valence electrons. The Hall–Kier alpha value is -2.59. The monoisotopic (exact) mass is 429 g/mol. The van der Waals surface area contributed by atoms with Crippen molar-refractivity contribution in [1.82, 2.24) is 14.8 Å². The van der Waals surface area contributed by atoms with Gasteiger partial charge in [0, 0.05) is 44.1 Å². The van der Waals surface area contributed by atoms with Gasteiger partial charge in [0.1, 0.15) is 11.7 Å². The zero-order valence-corrected chi connectivity index (χ0v) is 19.5. The maximum Gasteiger partial charge on any atom is 0.259 e. The third-order valence-electron chi connectivity index (χ3n) is 5.45. The number of pyridine rings is 1. The third-order valence-corrected chi connectivity index (χ3v) is 5.45. The molecule has 1 N–H and O–H groups in total. The standard InChI is InChI=1S/C24H35N3O4/c1-7-22(29)26(6)14-21-17(4)13-27(18(5)15-28)24(30)20-11-19(10-8-9-16(2)3)12-25-23(20)31-21/h11-12,16-18,21,28H,7,9,13-15H2,1-6H3/t17-,18-,21+/m1/s1. The molecule has 7 nitrogen and oxygen atoms in total. The van der Waals surface area contributed by atoms with Gasteiger partial charge < -0.3 is 19.6 Å². The minimum Gasteiger partial charge on any atom is -0.472 e. The molecule has 3 atom stereocenters. The van der Waals surface area contributed by atoms with Gasteiger partial charge in [-0.25, -0.2) is 4.98 Å². The first kappa shape index (κ1) is 24.7. The summed E-state index contributed by atoms with van der Waals surface area (Å²) in [6.07, 6.45) is 2.44. The molecule has 0 spiro atoms. The van der Waals surface area contributed by atoms with Crippen molar-refractivity contribution in [2.75, 3.05) is 26.7 Å². The van der Waals surface area contributed by atoms with Crippen molar-refractivity contribution in [3.8, 4) is 17.7 Å². The predicted molar refractivity (Wildman–Crippen MR) is 120 cm³/mol. The van der Waals surface area contributed by atoms with E-state index in [0.717, 1.165) is 6.42 Å². The Balaban J connectivity index is 2.44. The van der Waals surface area contributed by atoms with Crippen molar-refractivity contribution >= 4 is 11.8 Å². The summed E-state index contributed by atoms with van der Waals surface area (Å²) in [5.41, 5.74) is 0.981. The normalized spacial score (nSPS) is 19.5. The number of aliphatic hydroxyl groups excluding tert-OH is 1. The van der Waals surface area contributed by atoms with Crippen molar-refractivity contribution < 1.29 is 19.4 Å². The Bertz CT molecular complexity index is 843. The number of carbonyl (C=O) groups is 2. The third kappa shape index (κ3) is 6.44. The van der Waals surface area contributed by atoms with E-state index in [4.69, 9.17) is 4.74 Å². The van der Waals surface area contributed by atoms with Crippen molar-refractivity contribution in [2.24, 2.45) is 11.8 Å².